The van der Waals surface area contributed by atoms with Crippen molar-refractivity contribution in [2.24, 2.45) is 5.92 Å². The standard InChI is InChI=1S/C22H21N3O4S/c1-14-4-7-16(8-5-14)30(27,28)25-13-20(17-9-6-15(12-23)10-21(17)25)18-11-19(18)22(26)24(2)29-3/h4-10,13,18-19H,11H2,1-3H3/t18-,19-/m1/s1. The van der Waals surface area contributed by atoms with Gasteiger partial charge in [-0.05, 0) is 49.1 Å². The number of aromatic nitrogens is 1. The lowest BCUT2D eigenvalue weighted by atomic mass is 10.1. The monoisotopic (exact) mass is 423 g/mol. The molecule has 1 fully saturated rings. The van der Waals surface area contributed by atoms with E-state index in [-0.39, 0.29) is 22.6 Å². The molecule has 2 atom stereocenters. The molecule has 0 N–H and O–H groups in total. The molecule has 1 saturated carbocycles. The maximum Gasteiger partial charge on any atom is 0.268 e. The van der Waals surface area contributed by atoms with Crippen LogP contribution >= 0.6 is 0 Å². The smallest absolute Gasteiger partial charge is 0.268 e. The minimum absolute atomic E-state index is 0.0972. The molecule has 1 aromatic heterocycles. The summed E-state index contributed by atoms with van der Waals surface area (Å²) in [5, 5.41) is 11.2. The van der Waals surface area contributed by atoms with E-state index in [1.165, 1.54) is 16.1 Å². The molecule has 0 spiro atoms. The Kier molecular flexibility index (Phi) is 4.88. The van der Waals surface area contributed by atoms with Gasteiger partial charge in [-0.25, -0.2) is 17.5 Å². The number of aryl methyl sites for hydroxylation is 1. The van der Waals surface area contributed by atoms with Crippen LogP contribution in [0.5, 0.6) is 0 Å². The topological polar surface area (TPSA) is 92.4 Å². The lowest BCUT2D eigenvalue weighted by Crippen LogP contribution is -2.27. The van der Waals surface area contributed by atoms with Gasteiger partial charge in [-0.2, -0.15) is 5.26 Å². The molecule has 1 aliphatic carbocycles. The van der Waals surface area contributed by atoms with Crippen LogP contribution in [0, 0.1) is 24.2 Å². The van der Waals surface area contributed by atoms with Crippen LogP contribution in [-0.2, 0) is 19.7 Å². The first-order valence-electron chi connectivity index (χ1n) is 9.47. The largest absolute Gasteiger partial charge is 0.275 e. The zero-order valence-corrected chi connectivity index (χ0v) is 17.7. The van der Waals surface area contributed by atoms with Crippen molar-refractivity contribution in [3.63, 3.8) is 0 Å². The van der Waals surface area contributed by atoms with Crippen molar-refractivity contribution in [3.8, 4) is 6.07 Å². The second-order valence-electron chi connectivity index (χ2n) is 7.51. The van der Waals surface area contributed by atoms with Gasteiger partial charge >= 0.3 is 0 Å². The van der Waals surface area contributed by atoms with E-state index < -0.39 is 10.0 Å². The average Bonchev–Trinajstić information content (AvgIpc) is 3.45. The molecule has 154 valence electrons. The first kappa shape index (κ1) is 20.1. The van der Waals surface area contributed by atoms with Crippen LogP contribution in [0.1, 0.15) is 29.0 Å². The Balaban J connectivity index is 1.84. The predicted molar refractivity (Wildman–Crippen MR) is 111 cm³/mol. The normalized spacial score (nSPS) is 18.2. The second-order valence-corrected chi connectivity index (χ2v) is 9.32. The van der Waals surface area contributed by atoms with Crippen molar-refractivity contribution in [1.82, 2.24) is 9.04 Å². The van der Waals surface area contributed by atoms with Crippen LogP contribution in [0.25, 0.3) is 10.9 Å². The zero-order valence-electron chi connectivity index (χ0n) is 16.9. The number of nitriles is 1. The number of hydrogen-bond donors (Lipinski definition) is 0. The first-order valence-corrected chi connectivity index (χ1v) is 10.9. The number of amides is 1. The van der Waals surface area contributed by atoms with Gasteiger partial charge in [0.1, 0.15) is 0 Å². The van der Waals surface area contributed by atoms with Crippen molar-refractivity contribution in [3.05, 3.63) is 65.4 Å². The summed E-state index contributed by atoms with van der Waals surface area (Å²) < 4.78 is 28.0. The number of carbonyl (C=O) groups is 1. The highest BCUT2D eigenvalue weighted by atomic mass is 32.2. The van der Waals surface area contributed by atoms with E-state index in [2.05, 4.69) is 6.07 Å². The molecule has 0 bridgehead atoms. The average molecular weight is 423 g/mol. The highest BCUT2D eigenvalue weighted by Gasteiger charge is 2.47. The molecule has 8 heteroatoms. The summed E-state index contributed by atoms with van der Waals surface area (Å²) in [5.41, 5.74) is 2.55. The summed E-state index contributed by atoms with van der Waals surface area (Å²) in [6.45, 7) is 1.89. The third-order valence-electron chi connectivity index (χ3n) is 5.60. The van der Waals surface area contributed by atoms with Gasteiger partial charge in [-0.3, -0.25) is 9.63 Å². The Morgan fingerprint density at radius 2 is 1.93 bits per heavy atom. The summed E-state index contributed by atoms with van der Waals surface area (Å²) in [6.07, 6.45) is 2.21. The third kappa shape index (κ3) is 3.26. The Labute approximate surface area is 175 Å². The minimum Gasteiger partial charge on any atom is -0.275 e. The Morgan fingerprint density at radius 3 is 2.57 bits per heavy atom. The number of fused-ring (bicyclic) bond motifs is 1. The maximum absolute atomic E-state index is 13.4. The molecule has 1 aliphatic rings. The van der Waals surface area contributed by atoms with Crippen molar-refractivity contribution >= 4 is 26.8 Å². The van der Waals surface area contributed by atoms with Gasteiger partial charge in [0.15, 0.2) is 0 Å². The SMILES string of the molecule is CON(C)C(=O)[C@@H]1C[C@H]1c1cn(S(=O)(=O)c2ccc(C)cc2)c2cc(C#N)ccc12. The summed E-state index contributed by atoms with van der Waals surface area (Å²) in [7, 11) is -0.877. The number of carbonyl (C=O) groups excluding carboxylic acids is 1. The van der Waals surface area contributed by atoms with Crippen LogP contribution in [0.3, 0.4) is 0 Å². The van der Waals surface area contributed by atoms with Crippen LogP contribution in [0.4, 0.5) is 0 Å². The lowest BCUT2D eigenvalue weighted by Gasteiger charge is -2.13. The molecule has 0 unspecified atom stereocenters. The highest BCUT2D eigenvalue weighted by molar-refractivity contribution is 7.90. The molecule has 7 nitrogen and oxygen atoms in total. The highest BCUT2D eigenvalue weighted by Crippen LogP contribution is 2.51. The summed E-state index contributed by atoms with van der Waals surface area (Å²) in [5.74, 6) is -0.495. The minimum atomic E-state index is -3.86. The van der Waals surface area contributed by atoms with Crippen LogP contribution < -0.4 is 0 Å². The molecular weight excluding hydrogens is 402 g/mol. The summed E-state index contributed by atoms with van der Waals surface area (Å²) in [4.78, 5) is 17.6. The van der Waals surface area contributed by atoms with Gasteiger partial charge in [0.25, 0.3) is 10.0 Å². The number of benzene rings is 2. The molecule has 3 aromatic rings. The number of nitrogens with zero attached hydrogens (tertiary/aromatic N) is 3. The number of rotatable bonds is 5. The van der Waals surface area contributed by atoms with E-state index in [0.29, 0.717) is 17.5 Å². The molecule has 0 radical (unpaired) electrons. The van der Waals surface area contributed by atoms with Crippen molar-refractivity contribution in [2.75, 3.05) is 14.2 Å². The van der Waals surface area contributed by atoms with Gasteiger partial charge in [0, 0.05) is 24.5 Å². The Bertz CT molecular complexity index is 1290. The van der Waals surface area contributed by atoms with E-state index in [0.717, 1.165) is 16.5 Å². The fourth-order valence-electron chi connectivity index (χ4n) is 3.75. The number of hydroxylamine groups is 2. The Hall–Kier alpha value is -3.15. The van der Waals surface area contributed by atoms with E-state index >= 15 is 0 Å². The van der Waals surface area contributed by atoms with Gasteiger partial charge in [0.05, 0.1) is 29.2 Å². The molecule has 1 heterocycles. The zero-order chi connectivity index (χ0) is 21.6. The molecule has 0 aliphatic heterocycles. The second kappa shape index (κ2) is 7.27. The molecule has 1 amide bonds. The fourth-order valence-corrected chi connectivity index (χ4v) is 5.12. The van der Waals surface area contributed by atoms with E-state index in [1.54, 1.807) is 55.7 Å². The van der Waals surface area contributed by atoms with Crippen molar-refractivity contribution in [1.29, 1.82) is 5.26 Å². The van der Waals surface area contributed by atoms with Crippen LogP contribution in [0.2, 0.25) is 0 Å². The van der Waals surface area contributed by atoms with Crippen molar-refractivity contribution in [2.45, 2.75) is 24.2 Å². The lowest BCUT2D eigenvalue weighted by molar-refractivity contribution is -0.170. The van der Waals surface area contributed by atoms with Gasteiger partial charge < -0.3 is 0 Å². The van der Waals surface area contributed by atoms with Crippen LogP contribution in [-0.4, -0.2) is 37.5 Å². The van der Waals surface area contributed by atoms with Crippen LogP contribution in [0.15, 0.2) is 53.6 Å². The molecule has 4 rings (SSSR count). The van der Waals surface area contributed by atoms with Gasteiger partial charge in [-0.15, -0.1) is 0 Å². The van der Waals surface area contributed by atoms with E-state index in [9.17, 15) is 18.5 Å². The van der Waals surface area contributed by atoms with Crippen molar-refractivity contribution < 1.29 is 18.0 Å². The first-order chi connectivity index (χ1) is 14.3. The summed E-state index contributed by atoms with van der Waals surface area (Å²) in [6, 6.07) is 13.7. The molecular formula is C22H21N3O4S. The third-order valence-corrected chi connectivity index (χ3v) is 7.29. The molecule has 30 heavy (non-hydrogen) atoms. The quantitative estimate of drug-likeness (QED) is 0.588. The Morgan fingerprint density at radius 1 is 1.23 bits per heavy atom. The number of hydrogen-bond acceptors (Lipinski definition) is 5. The predicted octanol–water partition coefficient (Wildman–Crippen LogP) is 3.18. The summed E-state index contributed by atoms with van der Waals surface area (Å²) >= 11 is 0. The molecule has 0 saturated heterocycles. The maximum atomic E-state index is 13.4. The fraction of sp³-hybridized carbons (Fsp3) is 0.273. The van der Waals surface area contributed by atoms with E-state index in [4.69, 9.17) is 4.84 Å². The molecule has 2 aromatic carbocycles. The van der Waals surface area contributed by atoms with Gasteiger partial charge in [-0.1, -0.05) is 23.8 Å². The van der Waals surface area contributed by atoms with E-state index in [1.807, 2.05) is 6.92 Å². The van der Waals surface area contributed by atoms with Gasteiger partial charge in [0.2, 0.25) is 5.91 Å².